The van der Waals surface area contributed by atoms with Crippen molar-refractivity contribution in [3.63, 3.8) is 0 Å². The minimum absolute atomic E-state index is 0.165. The van der Waals surface area contributed by atoms with Gasteiger partial charge in [-0.1, -0.05) is 72.8 Å². The molecule has 1 aromatic heterocycles. The first-order valence-electron chi connectivity index (χ1n) is 17.1. The molecular formula is C44H40N6O4. The van der Waals surface area contributed by atoms with Gasteiger partial charge in [0.25, 0.3) is 0 Å². The molecule has 4 N–H and O–H groups in total. The number of anilines is 4. The second-order valence-corrected chi connectivity index (χ2v) is 12.3. The van der Waals surface area contributed by atoms with E-state index >= 15 is 0 Å². The SMILES string of the molecule is CC(=O)Nc1cccc(C=Cc2nc(C=Cc3cccc(NC(C)=O)c3)c(C=Cc3cccc(NC(C)=O)c3)nc2C=Cc2cccc(NC(C)=O)c2)c1. The third kappa shape index (κ3) is 12.0. The lowest BCUT2D eigenvalue weighted by atomic mass is 10.1. The lowest BCUT2D eigenvalue weighted by Crippen LogP contribution is -2.05. The minimum Gasteiger partial charge on any atom is -0.326 e. The van der Waals surface area contributed by atoms with Crippen molar-refractivity contribution in [2.24, 2.45) is 0 Å². The number of benzene rings is 4. The highest BCUT2D eigenvalue weighted by Crippen LogP contribution is 2.23. The van der Waals surface area contributed by atoms with Crippen molar-refractivity contribution in [3.05, 3.63) is 142 Å². The van der Waals surface area contributed by atoms with Crippen molar-refractivity contribution < 1.29 is 19.2 Å². The van der Waals surface area contributed by atoms with Gasteiger partial charge in [0.1, 0.15) is 0 Å². The van der Waals surface area contributed by atoms with Crippen molar-refractivity contribution in [1.29, 1.82) is 0 Å². The van der Waals surface area contributed by atoms with Crippen molar-refractivity contribution in [3.8, 4) is 0 Å². The normalized spacial score (nSPS) is 11.3. The molecule has 0 fully saturated rings. The van der Waals surface area contributed by atoms with Gasteiger partial charge in [0.05, 0.1) is 22.8 Å². The van der Waals surface area contributed by atoms with E-state index < -0.39 is 0 Å². The zero-order chi connectivity index (χ0) is 38.5. The molecular weight excluding hydrogens is 677 g/mol. The topological polar surface area (TPSA) is 142 Å². The predicted molar refractivity (Wildman–Crippen MR) is 221 cm³/mol. The summed E-state index contributed by atoms with van der Waals surface area (Å²) in [6.45, 7) is 5.85. The Hall–Kier alpha value is -7.20. The predicted octanol–water partition coefficient (Wildman–Crippen LogP) is 8.99. The van der Waals surface area contributed by atoms with E-state index in [1.807, 2.05) is 146 Å². The van der Waals surface area contributed by atoms with E-state index in [0.717, 1.165) is 22.3 Å². The molecule has 5 rings (SSSR count). The molecule has 0 saturated heterocycles. The molecule has 1 heterocycles. The molecule has 0 saturated carbocycles. The first kappa shape index (κ1) is 38.0. The quantitative estimate of drug-likeness (QED) is 0.102. The molecule has 0 unspecified atom stereocenters. The summed E-state index contributed by atoms with van der Waals surface area (Å²) in [4.78, 5) is 56.9. The van der Waals surface area contributed by atoms with Crippen LogP contribution in [0, 0.1) is 0 Å². The van der Waals surface area contributed by atoms with E-state index in [9.17, 15) is 19.2 Å². The number of nitrogens with one attached hydrogen (secondary N) is 4. The summed E-state index contributed by atoms with van der Waals surface area (Å²) < 4.78 is 0. The molecule has 0 atom stereocenters. The van der Waals surface area contributed by atoms with Gasteiger partial charge in [-0.3, -0.25) is 19.2 Å². The van der Waals surface area contributed by atoms with E-state index in [-0.39, 0.29) is 23.6 Å². The fraction of sp³-hybridized carbons (Fsp3) is 0.0909. The zero-order valence-corrected chi connectivity index (χ0v) is 30.4. The van der Waals surface area contributed by atoms with Crippen LogP contribution in [0.3, 0.4) is 0 Å². The van der Waals surface area contributed by atoms with Gasteiger partial charge >= 0.3 is 0 Å². The molecule has 0 spiro atoms. The Labute approximate surface area is 314 Å². The summed E-state index contributed by atoms with van der Waals surface area (Å²) in [6.07, 6.45) is 15.1. The minimum atomic E-state index is -0.165. The fourth-order valence-corrected chi connectivity index (χ4v) is 5.37. The molecule has 4 aromatic carbocycles. The number of rotatable bonds is 12. The van der Waals surface area contributed by atoms with E-state index in [1.54, 1.807) is 0 Å². The summed E-state index contributed by atoms with van der Waals surface area (Å²) in [7, 11) is 0. The molecule has 270 valence electrons. The number of aromatic nitrogens is 2. The van der Waals surface area contributed by atoms with Gasteiger partial charge in [-0.05, 0) is 95.1 Å². The van der Waals surface area contributed by atoms with Crippen LogP contribution in [-0.4, -0.2) is 33.6 Å². The summed E-state index contributed by atoms with van der Waals surface area (Å²) in [5.41, 5.74) is 8.35. The summed E-state index contributed by atoms with van der Waals surface area (Å²) in [5.74, 6) is -0.661. The van der Waals surface area contributed by atoms with E-state index in [4.69, 9.17) is 9.97 Å². The van der Waals surface area contributed by atoms with Gasteiger partial charge in [-0.25, -0.2) is 9.97 Å². The van der Waals surface area contributed by atoms with Crippen molar-refractivity contribution in [2.75, 3.05) is 21.3 Å². The first-order valence-corrected chi connectivity index (χ1v) is 17.1. The zero-order valence-electron chi connectivity index (χ0n) is 30.4. The molecule has 4 amide bonds. The third-order valence-corrected chi connectivity index (χ3v) is 7.57. The number of amides is 4. The number of carbonyl (C=O) groups excluding carboxylic acids is 4. The van der Waals surface area contributed by atoms with Gasteiger partial charge in [-0.15, -0.1) is 0 Å². The van der Waals surface area contributed by atoms with Crippen LogP contribution < -0.4 is 21.3 Å². The van der Waals surface area contributed by atoms with Crippen LogP contribution in [0.15, 0.2) is 97.1 Å². The van der Waals surface area contributed by atoms with E-state index in [1.165, 1.54) is 27.7 Å². The van der Waals surface area contributed by atoms with Gasteiger partial charge in [-0.2, -0.15) is 0 Å². The average molecular weight is 717 g/mol. The third-order valence-electron chi connectivity index (χ3n) is 7.57. The molecule has 10 nitrogen and oxygen atoms in total. The fourth-order valence-electron chi connectivity index (χ4n) is 5.37. The van der Waals surface area contributed by atoms with Crippen molar-refractivity contribution >= 4 is 95.0 Å². The van der Waals surface area contributed by atoms with Crippen molar-refractivity contribution in [1.82, 2.24) is 9.97 Å². The second-order valence-electron chi connectivity index (χ2n) is 12.3. The largest absolute Gasteiger partial charge is 0.326 e. The van der Waals surface area contributed by atoms with Crippen LogP contribution in [0.1, 0.15) is 72.7 Å². The Morgan fingerprint density at radius 3 is 0.796 bits per heavy atom. The van der Waals surface area contributed by atoms with Crippen LogP contribution in [0.4, 0.5) is 22.7 Å². The highest BCUT2D eigenvalue weighted by atomic mass is 16.2. The maximum Gasteiger partial charge on any atom is 0.221 e. The Balaban J connectivity index is 1.63. The molecule has 0 radical (unpaired) electrons. The lowest BCUT2D eigenvalue weighted by molar-refractivity contribution is -0.115. The summed E-state index contributed by atoms with van der Waals surface area (Å²) in [6, 6.07) is 29.9. The van der Waals surface area contributed by atoms with Crippen molar-refractivity contribution in [2.45, 2.75) is 27.7 Å². The Kier molecular flexibility index (Phi) is 12.9. The maximum absolute atomic E-state index is 11.7. The lowest BCUT2D eigenvalue weighted by Gasteiger charge is -2.08. The highest BCUT2D eigenvalue weighted by molar-refractivity contribution is 5.92. The first-order chi connectivity index (χ1) is 26.0. The van der Waals surface area contributed by atoms with Crippen LogP contribution in [-0.2, 0) is 19.2 Å². The summed E-state index contributed by atoms with van der Waals surface area (Å²) >= 11 is 0. The molecule has 0 aliphatic rings. The molecule has 54 heavy (non-hydrogen) atoms. The highest BCUT2D eigenvalue weighted by Gasteiger charge is 2.09. The average Bonchev–Trinajstić information content (AvgIpc) is 3.11. The smallest absolute Gasteiger partial charge is 0.221 e. The maximum atomic E-state index is 11.7. The van der Waals surface area contributed by atoms with Crippen LogP contribution in [0.2, 0.25) is 0 Å². The van der Waals surface area contributed by atoms with E-state index in [2.05, 4.69) is 21.3 Å². The number of hydrogen-bond donors (Lipinski definition) is 4. The number of carbonyl (C=O) groups is 4. The molecule has 0 aliphatic carbocycles. The van der Waals surface area contributed by atoms with Gasteiger partial charge in [0.2, 0.25) is 23.6 Å². The Morgan fingerprint density at radius 1 is 0.370 bits per heavy atom. The summed E-state index contributed by atoms with van der Waals surface area (Å²) in [5, 5.41) is 11.3. The monoisotopic (exact) mass is 716 g/mol. The Bertz CT molecular complexity index is 2000. The van der Waals surface area contributed by atoms with Gasteiger partial charge in [0.15, 0.2) is 0 Å². The Morgan fingerprint density at radius 2 is 0.593 bits per heavy atom. The van der Waals surface area contributed by atoms with E-state index in [0.29, 0.717) is 45.5 Å². The molecule has 0 aliphatic heterocycles. The van der Waals surface area contributed by atoms with Gasteiger partial charge in [0, 0.05) is 50.4 Å². The van der Waals surface area contributed by atoms with Gasteiger partial charge < -0.3 is 21.3 Å². The van der Waals surface area contributed by atoms with Crippen LogP contribution in [0.5, 0.6) is 0 Å². The standard InChI is InChI=1S/C44H40N6O4/c1-29(51)45-37-13-5-9-33(25-37)17-21-41-42(22-18-34-10-6-14-38(26-34)46-30(2)52)50-44(24-20-36-12-8-16-40(28-36)48-32(4)54)43(49-41)23-19-35-11-7-15-39(27-35)47-31(3)53/h5-28H,1-4H3,(H,45,51)(H,46,52)(H,47,53)(H,48,54). The van der Waals surface area contributed by atoms with Crippen LogP contribution >= 0.6 is 0 Å². The molecule has 0 bridgehead atoms. The van der Waals surface area contributed by atoms with Crippen LogP contribution in [0.25, 0.3) is 48.6 Å². The molecule has 5 aromatic rings. The number of hydrogen-bond acceptors (Lipinski definition) is 6. The number of nitrogens with zero attached hydrogens (tertiary/aromatic N) is 2. The molecule has 10 heteroatoms. The second kappa shape index (κ2) is 18.3.